The molecule has 0 N–H and O–H groups in total. The van der Waals surface area contributed by atoms with Crippen molar-refractivity contribution in [3.05, 3.63) is 29.6 Å². The minimum absolute atomic E-state index is 0.152. The van der Waals surface area contributed by atoms with Crippen molar-refractivity contribution < 1.29 is 0 Å². The van der Waals surface area contributed by atoms with Crippen LogP contribution in [-0.2, 0) is 18.9 Å². The maximum Gasteiger partial charge on any atom is 0.0921 e. The molecule has 0 fully saturated rings. The molecule has 2 heteroatoms. The van der Waals surface area contributed by atoms with Crippen LogP contribution < -0.4 is 0 Å². The highest BCUT2D eigenvalue weighted by Gasteiger charge is 2.24. The van der Waals surface area contributed by atoms with Crippen molar-refractivity contribution >= 4 is 11.0 Å². The Bertz CT molecular complexity index is 515. The molecule has 2 aromatic rings. The van der Waals surface area contributed by atoms with E-state index in [1.807, 2.05) is 12.3 Å². The predicted octanol–water partition coefficient (Wildman–Crippen LogP) is 3.43. The lowest BCUT2D eigenvalue weighted by Gasteiger charge is -2.20. The molecule has 0 amide bonds. The molecule has 2 rings (SSSR count). The quantitative estimate of drug-likeness (QED) is 0.714. The van der Waals surface area contributed by atoms with Crippen LogP contribution in [0.15, 0.2) is 18.3 Å². The summed E-state index contributed by atoms with van der Waals surface area (Å²) in [6.45, 7) is 8.99. The normalized spacial score (nSPS) is 12.3. The van der Waals surface area contributed by atoms with Crippen LogP contribution >= 0.6 is 0 Å². The lowest BCUT2D eigenvalue weighted by molar-refractivity contribution is 0.582. The molecule has 2 heterocycles. The third-order valence-electron chi connectivity index (χ3n) is 3.16. The van der Waals surface area contributed by atoms with E-state index >= 15 is 0 Å². The molecule has 2 nitrogen and oxygen atoms in total. The summed E-state index contributed by atoms with van der Waals surface area (Å²) >= 11 is 0. The highest BCUT2D eigenvalue weighted by Crippen LogP contribution is 2.33. The lowest BCUT2D eigenvalue weighted by atomic mass is 9.85. The highest BCUT2D eigenvalue weighted by atomic mass is 15.0. The number of pyridine rings is 1. The Labute approximate surface area is 97.3 Å². The molecule has 16 heavy (non-hydrogen) atoms. The fourth-order valence-corrected chi connectivity index (χ4v) is 2.51. The molecule has 0 atom stereocenters. The van der Waals surface area contributed by atoms with Crippen molar-refractivity contribution in [3.63, 3.8) is 0 Å². The van der Waals surface area contributed by atoms with Crippen molar-refractivity contribution in [2.24, 2.45) is 7.05 Å². The molecule has 0 aliphatic carbocycles. The number of fused-ring (bicyclic) bond motifs is 1. The second-order valence-corrected chi connectivity index (χ2v) is 5.36. The highest BCUT2D eigenvalue weighted by molar-refractivity contribution is 5.82. The van der Waals surface area contributed by atoms with Gasteiger partial charge in [0.15, 0.2) is 0 Å². The fraction of sp³-hybridized carbons (Fsp3) is 0.500. The molecular weight excluding hydrogens is 196 g/mol. The summed E-state index contributed by atoms with van der Waals surface area (Å²) in [7, 11) is 2.14. The van der Waals surface area contributed by atoms with Crippen LogP contribution in [0.5, 0.6) is 0 Å². The molecule has 0 aromatic carbocycles. The van der Waals surface area contributed by atoms with Gasteiger partial charge in [0.25, 0.3) is 0 Å². The van der Waals surface area contributed by atoms with Crippen LogP contribution in [0.25, 0.3) is 11.0 Å². The van der Waals surface area contributed by atoms with E-state index in [2.05, 4.69) is 50.4 Å². The van der Waals surface area contributed by atoms with E-state index in [0.717, 1.165) is 11.9 Å². The average molecular weight is 216 g/mol. The van der Waals surface area contributed by atoms with E-state index in [9.17, 15) is 0 Å². The summed E-state index contributed by atoms with van der Waals surface area (Å²) in [4.78, 5) is 4.56. The van der Waals surface area contributed by atoms with Crippen molar-refractivity contribution in [2.45, 2.75) is 39.5 Å². The third kappa shape index (κ3) is 1.53. The summed E-state index contributed by atoms with van der Waals surface area (Å²) in [5, 5.41) is 0. The number of rotatable bonds is 1. The standard InChI is InChI=1S/C14H20N2/c1-6-10-12(14(2,3)4)13-11(16(10)5)8-7-9-15-13/h7-9H,6H2,1-5H3. The Kier molecular flexibility index (Phi) is 2.53. The monoisotopic (exact) mass is 216 g/mol. The number of nitrogens with zero attached hydrogens (tertiary/aromatic N) is 2. The molecule has 0 radical (unpaired) electrons. The molecule has 0 saturated heterocycles. The Hall–Kier alpha value is -1.31. The smallest absolute Gasteiger partial charge is 0.0921 e. The van der Waals surface area contributed by atoms with Gasteiger partial charge in [-0.25, -0.2) is 0 Å². The molecular formula is C14H20N2. The molecule has 0 unspecified atom stereocenters. The summed E-state index contributed by atoms with van der Waals surface area (Å²) < 4.78 is 2.28. The molecule has 2 aromatic heterocycles. The number of aromatic nitrogens is 2. The van der Waals surface area contributed by atoms with Crippen molar-refractivity contribution in [3.8, 4) is 0 Å². The largest absolute Gasteiger partial charge is 0.346 e. The average Bonchev–Trinajstić information content (AvgIpc) is 2.51. The SMILES string of the molecule is CCc1c(C(C)(C)C)c2ncccc2n1C. The minimum atomic E-state index is 0.152. The topological polar surface area (TPSA) is 17.8 Å². The van der Waals surface area contributed by atoms with E-state index in [1.54, 1.807) is 0 Å². The molecule has 0 aliphatic rings. The summed E-state index contributed by atoms with van der Waals surface area (Å²) in [6.07, 6.45) is 2.94. The van der Waals surface area contributed by atoms with Gasteiger partial charge in [0.05, 0.1) is 11.0 Å². The van der Waals surface area contributed by atoms with Crippen LogP contribution in [-0.4, -0.2) is 9.55 Å². The first-order chi connectivity index (χ1) is 7.46. The van der Waals surface area contributed by atoms with Crippen LogP contribution in [0.2, 0.25) is 0 Å². The number of hydrogen-bond donors (Lipinski definition) is 0. The zero-order valence-electron chi connectivity index (χ0n) is 10.8. The predicted molar refractivity (Wildman–Crippen MR) is 68.8 cm³/mol. The molecule has 0 aliphatic heterocycles. The van der Waals surface area contributed by atoms with Crippen LogP contribution in [0.1, 0.15) is 39.0 Å². The van der Waals surface area contributed by atoms with E-state index in [-0.39, 0.29) is 5.41 Å². The molecule has 0 spiro atoms. The Morgan fingerprint density at radius 2 is 2.00 bits per heavy atom. The fourth-order valence-electron chi connectivity index (χ4n) is 2.51. The Morgan fingerprint density at radius 1 is 1.31 bits per heavy atom. The van der Waals surface area contributed by atoms with Crippen LogP contribution in [0.3, 0.4) is 0 Å². The first-order valence-electron chi connectivity index (χ1n) is 5.89. The van der Waals surface area contributed by atoms with Gasteiger partial charge in [0.2, 0.25) is 0 Å². The van der Waals surface area contributed by atoms with Gasteiger partial charge in [0.1, 0.15) is 0 Å². The van der Waals surface area contributed by atoms with E-state index < -0.39 is 0 Å². The van der Waals surface area contributed by atoms with Crippen molar-refractivity contribution in [1.29, 1.82) is 0 Å². The molecule has 86 valence electrons. The van der Waals surface area contributed by atoms with Crippen molar-refractivity contribution in [1.82, 2.24) is 9.55 Å². The minimum Gasteiger partial charge on any atom is -0.346 e. The zero-order chi connectivity index (χ0) is 11.9. The molecule has 0 bridgehead atoms. The van der Waals surface area contributed by atoms with Gasteiger partial charge in [-0.15, -0.1) is 0 Å². The van der Waals surface area contributed by atoms with E-state index in [0.29, 0.717) is 0 Å². The van der Waals surface area contributed by atoms with Gasteiger partial charge in [0, 0.05) is 24.5 Å². The van der Waals surface area contributed by atoms with Gasteiger partial charge in [-0.2, -0.15) is 0 Å². The maximum atomic E-state index is 4.56. The first kappa shape index (κ1) is 11.2. The summed E-state index contributed by atoms with van der Waals surface area (Å²) in [6, 6.07) is 4.16. The second-order valence-electron chi connectivity index (χ2n) is 5.36. The lowest BCUT2D eigenvalue weighted by Crippen LogP contribution is -2.14. The number of aryl methyl sites for hydroxylation is 1. The van der Waals surface area contributed by atoms with Gasteiger partial charge in [-0.05, 0) is 24.0 Å². The zero-order valence-corrected chi connectivity index (χ0v) is 10.8. The van der Waals surface area contributed by atoms with Crippen LogP contribution in [0, 0.1) is 0 Å². The maximum absolute atomic E-state index is 4.56. The van der Waals surface area contributed by atoms with Gasteiger partial charge >= 0.3 is 0 Å². The third-order valence-corrected chi connectivity index (χ3v) is 3.16. The van der Waals surface area contributed by atoms with Gasteiger partial charge < -0.3 is 4.57 Å². The van der Waals surface area contributed by atoms with Gasteiger partial charge in [-0.1, -0.05) is 27.7 Å². The van der Waals surface area contributed by atoms with Gasteiger partial charge in [-0.3, -0.25) is 4.98 Å². The number of hydrogen-bond acceptors (Lipinski definition) is 1. The van der Waals surface area contributed by atoms with E-state index in [4.69, 9.17) is 0 Å². The molecule has 0 saturated carbocycles. The summed E-state index contributed by atoms with van der Waals surface area (Å²) in [5.41, 5.74) is 5.35. The van der Waals surface area contributed by atoms with Crippen LogP contribution in [0.4, 0.5) is 0 Å². The summed E-state index contributed by atoms with van der Waals surface area (Å²) in [5.74, 6) is 0. The first-order valence-corrected chi connectivity index (χ1v) is 5.89. The second kappa shape index (κ2) is 3.62. The Morgan fingerprint density at radius 3 is 2.56 bits per heavy atom. The Balaban J connectivity index is 2.89. The van der Waals surface area contributed by atoms with E-state index in [1.165, 1.54) is 16.8 Å². The van der Waals surface area contributed by atoms with Crippen molar-refractivity contribution in [2.75, 3.05) is 0 Å².